The molecule has 0 aliphatic carbocycles. The summed E-state index contributed by atoms with van der Waals surface area (Å²) in [6.07, 6.45) is 8.19. The smallest absolute Gasteiger partial charge is 0.261 e. The molecule has 5 rings (SSSR count). The van der Waals surface area contributed by atoms with E-state index in [1.165, 1.54) is 17.7 Å². The minimum Gasteiger partial charge on any atom is -0.496 e. The lowest BCUT2D eigenvalue weighted by Gasteiger charge is -2.10. The summed E-state index contributed by atoms with van der Waals surface area (Å²) in [5, 5.41) is 15.1. The molecule has 10 heteroatoms. The van der Waals surface area contributed by atoms with E-state index in [1.807, 2.05) is 12.1 Å². The second-order valence-corrected chi connectivity index (χ2v) is 6.81. The van der Waals surface area contributed by atoms with Crippen molar-refractivity contribution in [2.75, 3.05) is 12.4 Å². The van der Waals surface area contributed by atoms with Crippen molar-refractivity contribution in [3.63, 3.8) is 0 Å². The number of nitrogens with zero attached hydrogens (tertiary/aromatic N) is 5. The summed E-state index contributed by atoms with van der Waals surface area (Å²) in [5.41, 5.74) is 2.80. The van der Waals surface area contributed by atoms with Crippen molar-refractivity contribution in [2.24, 2.45) is 0 Å². The molecule has 28 heavy (non-hydrogen) atoms. The lowest BCUT2D eigenvalue weighted by molar-refractivity contribution is 0.102. The van der Waals surface area contributed by atoms with E-state index < -0.39 is 0 Å². The number of carbonyl (C=O) groups excluding carboxylic acids is 1. The minimum absolute atomic E-state index is 0.325. The van der Waals surface area contributed by atoms with Crippen LogP contribution in [0, 0.1) is 0 Å². The van der Waals surface area contributed by atoms with Crippen molar-refractivity contribution in [3.05, 3.63) is 54.7 Å². The molecule has 9 nitrogen and oxygen atoms in total. The monoisotopic (exact) mass is 391 g/mol. The van der Waals surface area contributed by atoms with E-state index in [2.05, 4.69) is 30.0 Å². The van der Waals surface area contributed by atoms with E-state index >= 15 is 0 Å². The molecule has 0 bridgehead atoms. The lowest BCUT2D eigenvalue weighted by atomic mass is 10.1. The predicted molar refractivity (Wildman–Crippen MR) is 105 cm³/mol. The Labute approximate surface area is 162 Å². The van der Waals surface area contributed by atoms with Crippen LogP contribution in [0.3, 0.4) is 0 Å². The Morgan fingerprint density at radius 3 is 3.11 bits per heavy atom. The summed E-state index contributed by atoms with van der Waals surface area (Å²) in [7, 11) is 1.60. The van der Waals surface area contributed by atoms with Crippen molar-refractivity contribution in [2.45, 2.75) is 0 Å². The highest BCUT2D eigenvalue weighted by Gasteiger charge is 2.19. The molecule has 1 amide bonds. The zero-order valence-corrected chi connectivity index (χ0v) is 15.4. The Hall–Kier alpha value is -3.79. The van der Waals surface area contributed by atoms with Crippen LogP contribution in [0.4, 0.5) is 5.69 Å². The van der Waals surface area contributed by atoms with Gasteiger partial charge in [0, 0.05) is 35.6 Å². The highest BCUT2D eigenvalue weighted by atomic mass is 32.1. The fraction of sp³-hybridized carbons (Fsp3) is 0.0556. The molecular weight excluding hydrogens is 378 g/mol. The van der Waals surface area contributed by atoms with Crippen LogP contribution in [0.5, 0.6) is 5.75 Å². The number of ether oxygens (including phenoxy) is 1. The summed E-state index contributed by atoms with van der Waals surface area (Å²) >= 11 is 1.40. The van der Waals surface area contributed by atoms with E-state index in [0.717, 1.165) is 15.6 Å². The molecule has 1 aromatic carbocycles. The zero-order valence-electron chi connectivity index (χ0n) is 14.6. The SMILES string of the molecule is COc1cc2sncc2cc1-c1[nH]ncc1NC(=O)c1cnn2cccnc12. The van der Waals surface area contributed by atoms with Crippen LogP contribution >= 0.6 is 11.5 Å². The molecule has 138 valence electrons. The quantitative estimate of drug-likeness (QED) is 0.487. The maximum absolute atomic E-state index is 12.8. The third-order valence-corrected chi connectivity index (χ3v) is 5.12. The molecule has 0 radical (unpaired) electrons. The summed E-state index contributed by atoms with van der Waals surface area (Å²) in [6, 6.07) is 5.62. The van der Waals surface area contributed by atoms with Gasteiger partial charge in [-0.1, -0.05) is 0 Å². The van der Waals surface area contributed by atoms with E-state index in [4.69, 9.17) is 4.74 Å². The van der Waals surface area contributed by atoms with E-state index in [1.54, 1.807) is 42.5 Å². The van der Waals surface area contributed by atoms with Crippen LogP contribution in [-0.4, -0.2) is 42.2 Å². The van der Waals surface area contributed by atoms with Gasteiger partial charge >= 0.3 is 0 Å². The zero-order chi connectivity index (χ0) is 19.1. The Morgan fingerprint density at radius 2 is 2.21 bits per heavy atom. The minimum atomic E-state index is -0.325. The van der Waals surface area contributed by atoms with Gasteiger partial charge in [0.1, 0.15) is 11.3 Å². The highest BCUT2D eigenvalue weighted by molar-refractivity contribution is 7.13. The van der Waals surface area contributed by atoms with Gasteiger partial charge in [-0.05, 0) is 23.7 Å². The van der Waals surface area contributed by atoms with Gasteiger partial charge in [0.2, 0.25) is 0 Å². The molecule has 0 unspecified atom stereocenters. The van der Waals surface area contributed by atoms with E-state index in [0.29, 0.717) is 28.3 Å². The first-order valence-electron chi connectivity index (χ1n) is 8.30. The van der Waals surface area contributed by atoms with Crippen LogP contribution < -0.4 is 10.1 Å². The number of benzene rings is 1. The number of aromatic amines is 1. The second kappa shape index (κ2) is 6.43. The molecule has 4 aromatic heterocycles. The molecule has 0 fully saturated rings. The lowest BCUT2D eigenvalue weighted by Crippen LogP contribution is -2.12. The van der Waals surface area contributed by atoms with Crippen molar-refractivity contribution < 1.29 is 9.53 Å². The molecule has 0 aliphatic heterocycles. The normalized spacial score (nSPS) is 11.2. The Kier molecular flexibility index (Phi) is 3.76. The van der Waals surface area contributed by atoms with Crippen LogP contribution in [0.2, 0.25) is 0 Å². The number of H-pyrrole nitrogens is 1. The van der Waals surface area contributed by atoms with Gasteiger partial charge in [0.15, 0.2) is 5.65 Å². The standard InChI is InChI=1S/C18H13N7O2S/c1-27-14-6-15-10(7-22-28-15)5-11(14)16-13(9-20-24-16)23-18(26)12-8-21-25-4-2-3-19-17(12)25/h2-9H,1H3,(H,20,24)(H,23,26). The average Bonchev–Trinajstić information content (AvgIpc) is 3.45. The first kappa shape index (κ1) is 16.4. The van der Waals surface area contributed by atoms with E-state index in [-0.39, 0.29) is 5.91 Å². The number of amides is 1. The van der Waals surface area contributed by atoms with Crippen LogP contribution in [0.15, 0.2) is 49.2 Å². The van der Waals surface area contributed by atoms with Gasteiger partial charge < -0.3 is 10.1 Å². The molecule has 0 saturated carbocycles. The topological polar surface area (TPSA) is 110 Å². The van der Waals surface area contributed by atoms with Gasteiger partial charge in [-0.25, -0.2) is 9.50 Å². The number of anilines is 1. The fourth-order valence-corrected chi connectivity index (χ4v) is 3.68. The van der Waals surface area contributed by atoms with Crippen LogP contribution in [0.25, 0.3) is 27.0 Å². The molecule has 2 N–H and O–H groups in total. The van der Waals surface area contributed by atoms with Gasteiger partial charge in [-0.15, -0.1) is 0 Å². The maximum Gasteiger partial charge on any atom is 0.261 e. The van der Waals surface area contributed by atoms with Crippen molar-refractivity contribution in [1.82, 2.24) is 29.2 Å². The van der Waals surface area contributed by atoms with Crippen molar-refractivity contribution in [3.8, 4) is 17.0 Å². The molecule has 0 saturated heterocycles. The molecule has 4 heterocycles. The Morgan fingerprint density at radius 1 is 1.29 bits per heavy atom. The van der Waals surface area contributed by atoms with Crippen LogP contribution in [0.1, 0.15) is 10.4 Å². The highest BCUT2D eigenvalue weighted by Crippen LogP contribution is 2.37. The molecule has 0 atom stereocenters. The summed E-state index contributed by atoms with van der Waals surface area (Å²) < 4.78 is 12.3. The number of carbonyl (C=O) groups is 1. The van der Waals surface area contributed by atoms with Crippen molar-refractivity contribution >= 4 is 38.9 Å². The number of methoxy groups -OCH3 is 1. The maximum atomic E-state index is 12.8. The molecule has 5 aromatic rings. The van der Waals surface area contributed by atoms with Crippen molar-refractivity contribution in [1.29, 1.82) is 0 Å². The predicted octanol–water partition coefficient (Wildman–Crippen LogP) is 2.99. The van der Waals surface area contributed by atoms with Gasteiger partial charge in [-0.2, -0.15) is 14.6 Å². The summed E-state index contributed by atoms with van der Waals surface area (Å²) in [5.74, 6) is 0.336. The van der Waals surface area contributed by atoms with Gasteiger partial charge in [0.05, 0.1) is 35.6 Å². The third-order valence-electron chi connectivity index (χ3n) is 4.36. The average molecular weight is 391 g/mol. The summed E-state index contributed by atoms with van der Waals surface area (Å²) in [4.78, 5) is 17.0. The number of aromatic nitrogens is 6. The number of hydrogen-bond acceptors (Lipinski definition) is 7. The molecular formula is C18H13N7O2S. The third kappa shape index (κ3) is 2.58. The Balaban J connectivity index is 1.54. The first-order valence-corrected chi connectivity index (χ1v) is 9.08. The largest absolute Gasteiger partial charge is 0.496 e. The first-order chi connectivity index (χ1) is 13.7. The van der Waals surface area contributed by atoms with Gasteiger partial charge in [0.25, 0.3) is 5.91 Å². The fourth-order valence-electron chi connectivity index (χ4n) is 3.03. The van der Waals surface area contributed by atoms with E-state index in [9.17, 15) is 4.79 Å². The molecule has 0 spiro atoms. The Bertz CT molecular complexity index is 1320. The number of rotatable bonds is 4. The summed E-state index contributed by atoms with van der Waals surface area (Å²) in [6.45, 7) is 0. The van der Waals surface area contributed by atoms with Crippen LogP contribution in [-0.2, 0) is 0 Å². The number of hydrogen-bond donors (Lipinski definition) is 2. The number of nitrogens with one attached hydrogen (secondary N) is 2. The van der Waals surface area contributed by atoms with Gasteiger partial charge in [-0.3, -0.25) is 9.89 Å². The number of fused-ring (bicyclic) bond motifs is 2. The second-order valence-electron chi connectivity index (χ2n) is 5.98. The molecule has 0 aliphatic rings.